The summed E-state index contributed by atoms with van der Waals surface area (Å²) in [6.07, 6.45) is 2.80. The van der Waals surface area contributed by atoms with Gasteiger partial charge in [0.15, 0.2) is 0 Å². The molecule has 1 aliphatic rings. The second kappa shape index (κ2) is 7.41. The third-order valence-corrected chi connectivity index (χ3v) is 3.89. The molecule has 21 heavy (non-hydrogen) atoms. The molecule has 1 aromatic carbocycles. The van der Waals surface area contributed by atoms with Crippen LogP contribution in [0.5, 0.6) is 0 Å². The van der Waals surface area contributed by atoms with E-state index in [1.165, 1.54) is 18.6 Å². The fourth-order valence-corrected chi connectivity index (χ4v) is 2.65. The Morgan fingerprint density at radius 2 is 2.00 bits per heavy atom. The molecule has 0 heterocycles. The van der Waals surface area contributed by atoms with Crippen molar-refractivity contribution in [3.05, 3.63) is 35.6 Å². The summed E-state index contributed by atoms with van der Waals surface area (Å²) in [5.41, 5.74) is 0.135. The molecule has 0 aromatic heterocycles. The maximum Gasteiger partial charge on any atom is 0.407 e. The lowest BCUT2D eigenvalue weighted by atomic mass is 9.96. The van der Waals surface area contributed by atoms with Crippen LogP contribution in [0.3, 0.4) is 0 Å². The Labute approximate surface area is 124 Å². The van der Waals surface area contributed by atoms with Crippen LogP contribution in [0.25, 0.3) is 0 Å². The number of amides is 1. The monoisotopic (exact) mass is 295 g/mol. The molecule has 0 radical (unpaired) electrons. The molecule has 116 valence electrons. The van der Waals surface area contributed by atoms with Crippen LogP contribution in [0.15, 0.2) is 24.3 Å². The Hall–Kier alpha value is -1.62. The average Bonchev–Trinajstić information content (AvgIpc) is 2.48. The number of aliphatic hydroxyl groups excluding tert-OH is 1. The van der Waals surface area contributed by atoms with E-state index in [1.54, 1.807) is 19.1 Å². The molecule has 1 amide bonds. The highest BCUT2D eigenvalue weighted by Gasteiger charge is 2.24. The number of carbonyl (C=O) groups excluding carboxylic acids is 1. The predicted molar refractivity (Wildman–Crippen MR) is 77.3 cm³/mol. The topological polar surface area (TPSA) is 58.6 Å². The summed E-state index contributed by atoms with van der Waals surface area (Å²) in [6.45, 7) is 1.55. The van der Waals surface area contributed by atoms with Crippen molar-refractivity contribution in [2.24, 2.45) is 0 Å². The number of alkyl carbamates (subject to hydrolysis) is 1. The minimum atomic E-state index is -1.18. The van der Waals surface area contributed by atoms with E-state index in [-0.39, 0.29) is 11.6 Å². The van der Waals surface area contributed by atoms with Crippen LogP contribution in [0.1, 0.15) is 50.7 Å². The first-order chi connectivity index (χ1) is 10.1. The molecule has 1 aliphatic carbocycles. The maximum absolute atomic E-state index is 13.6. The molecule has 0 bridgehead atoms. The van der Waals surface area contributed by atoms with Crippen molar-refractivity contribution in [3.8, 4) is 0 Å². The van der Waals surface area contributed by atoms with Crippen molar-refractivity contribution in [1.29, 1.82) is 0 Å². The summed E-state index contributed by atoms with van der Waals surface area (Å²) >= 11 is 0. The summed E-state index contributed by atoms with van der Waals surface area (Å²) in [7, 11) is 0. The molecule has 0 aliphatic heterocycles. The Kier molecular flexibility index (Phi) is 5.56. The Morgan fingerprint density at radius 3 is 2.67 bits per heavy atom. The van der Waals surface area contributed by atoms with Gasteiger partial charge in [-0.25, -0.2) is 9.18 Å². The Balaban J connectivity index is 1.86. The molecule has 0 spiro atoms. The van der Waals surface area contributed by atoms with Crippen molar-refractivity contribution in [3.63, 3.8) is 0 Å². The van der Waals surface area contributed by atoms with Crippen LogP contribution < -0.4 is 5.32 Å². The van der Waals surface area contributed by atoms with Crippen molar-refractivity contribution in [2.75, 3.05) is 0 Å². The molecule has 2 atom stereocenters. The van der Waals surface area contributed by atoms with Gasteiger partial charge in [-0.05, 0) is 25.8 Å². The standard InChI is InChI=1S/C16H22FNO3/c1-11(15(19)13-9-5-6-10-14(13)17)21-16(20)18-12-7-3-2-4-8-12/h5-6,9-12,15,19H,2-4,7-8H2,1H3,(H,18,20)/t11?,15-/m1/s1. The van der Waals surface area contributed by atoms with E-state index in [9.17, 15) is 14.3 Å². The Bertz CT molecular complexity index is 474. The minimum absolute atomic E-state index is 0.135. The first-order valence-corrected chi connectivity index (χ1v) is 7.47. The minimum Gasteiger partial charge on any atom is -0.443 e. The summed E-state index contributed by atoms with van der Waals surface area (Å²) < 4.78 is 18.8. The number of aliphatic hydroxyl groups is 1. The molecule has 4 nitrogen and oxygen atoms in total. The number of benzene rings is 1. The summed E-state index contributed by atoms with van der Waals surface area (Å²) in [5, 5.41) is 12.9. The van der Waals surface area contributed by atoms with E-state index in [4.69, 9.17) is 4.74 Å². The first-order valence-electron chi connectivity index (χ1n) is 7.47. The zero-order valence-electron chi connectivity index (χ0n) is 12.2. The van der Waals surface area contributed by atoms with Crippen LogP contribution in [0.4, 0.5) is 9.18 Å². The quantitative estimate of drug-likeness (QED) is 0.896. The van der Waals surface area contributed by atoms with Gasteiger partial charge < -0.3 is 15.2 Å². The highest BCUT2D eigenvalue weighted by Crippen LogP contribution is 2.22. The van der Waals surface area contributed by atoms with Gasteiger partial charge in [0.25, 0.3) is 0 Å². The van der Waals surface area contributed by atoms with Crippen molar-refractivity contribution in [1.82, 2.24) is 5.32 Å². The SMILES string of the molecule is CC(OC(=O)NC1CCCCC1)[C@@H](O)c1ccccc1F. The van der Waals surface area contributed by atoms with Crippen LogP contribution >= 0.6 is 0 Å². The van der Waals surface area contributed by atoms with E-state index < -0.39 is 24.1 Å². The van der Waals surface area contributed by atoms with Gasteiger partial charge in [0.2, 0.25) is 0 Å². The molecule has 1 saturated carbocycles. The lowest BCUT2D eigenvalue weighted by molar-refractivity contribution is 0.00858. The second-order valence-corrected chi connectivity index (χ2v) is 5.56. The van der Waals surface area contributed by atoms with Gasteiger partial charge >= 0.3 is 6.09 Å². The molecular weight excluding hydrogens is 273 g/mol. The number of hydrogen-bond acceptors (Lipinski definition) is 3. The first kappa shape index (κ1) is 15.8. The Morgan fingerprint density at radius 1 is 1.33 bits per heavy atom. The van der Waals surface area contributed by atoms with E-state index in [1.807, 2.05) is 0 Å². The molecule has 1 aromatic rings. The van der Waals surface area contributed by atoms with Crippen LogP contribution in [-0.2, 0) is 4.74 Å². The summed E-state index contributed by atoms with van der Waals surface area (Å²) in [6, 6.07) is 6.08. The van der Waals surface area contributed by atoms with Crippen LogP contribution in [0, 0.1) is 5.82 Å². The molecule has 1 fully saturated rings. The van der Waals surface area contributed by atoms with E-state index in [0.29, 0.717) is 0 Å². The van der Waals surface area contributed by atoms with Crippen molar-refractivity contribution >= 4 is 6.09 Å². The van der Waals surface area contributed by atoms with Gasteiger partial charge in [-0.15, -0.1) is 0 Å². The molecule has 1 unspecified atom stereocenters. The van der Waals surface area contributed by atoms with Gasteiger partial charge in [0.1, 0.15) is 18.0 Å². The van der Waals surface area contributed by atoms with E-state index >= 15 is 0 Å². The smallest absolute Gasteiger partial charge is 0.407 e. The normalized spacial score (nSPS) is 18.8. The zero-order valence-corrected chi connectivity index (χ0v) is 12.2. The van der Waals surface area contributed by atoms with Crippen LogP contribution in [0.2, 0.25) is 0 Å². The number of carbonyl (C=O) groups is 1. The molecule has 0 saturated heterocycles. The van der Waals surface area contributed by atoms with Gasteiger partial charge in [-0.1, -0.05) is 37.5 Å². The van der Waals surface area contributed by atoms with E-state index in [2.05, 4.69) is 5.32 Å². The zero-order chi connectivity index (χ0) is 15.2. The van der Waals surface area contributed by atoms with Crippen molar-refractivity contribution < 1.29 is 19.0 Å². The van der Waals surface area contributed by atoms with Gasteiger partial charge in [0, 0.05) is 11.6 Å². The summed E-state index contributed by atoms with van der Waals surface area (Å²) in [4.78, 5) is 11.8. The number of rotatable bonds is 4. The largest absolute Gasteiger partial charge is 0.443 e. The third-order valence-electron chi connectivity index (χ3n) is 3.89. The number of hydrogen-bond donors (Lipinski definition) is 2. The summed E-state index contributed by atoms with van der Waals surface area (Å²) in [5.74, 6) is -0.506. The lowest BCUT2D eigenvalue weighted by Crippen LogP contribution is -2.39. The fourth-order valence-electron chi connectivity index (χ4n) is 2.65. The molecular formula is C16H22FNO3. The number of nitrogens with one attached hydrogen (secondary N) is 1. The maximum atomic E-state index is 13.6. The average molecular weight is 295 g/mol. The van der Waals surface area contributed by atoms with Crippen LogP contribution in [-0.4, -0.2) is 23.3 Å². The highest BCUT2D eigenvalue weighted by atomic mass is 19.1. The molecule has 2 N–H and O–H groups in total. The molecule has 2 rings (SSSR count). The number of halogens is 1. The van der Waals surface area contributed by atoms with E-state index in [0.717, 1.165) is 25.7 Å². The molecule has 5 heteroatoms. The lowest BCUT2D eigenvalue weighted by Gasteiger charge is -2.25. The van der Waals surface area contributed by atoms with Crippen molar-refractivity contribution in [2.45, 2.75) is 57.3 Å². The number of ether oxygens (including phenoxy) is 1. The fraction of sp³-hybridized carbons (Fsp3) is 0.562. The second-order valence-electron chi connectivity index (χ2n) is 5.56. The van der Waals surface area contributed by atoms with Gasteiger partial charge in [-0.2, -0.15) is 0 Å². The van der Waals surface area contributed by atoms with Gasteiger partial charge in [-0.3, -0.25) is 0 Å². The van der Waals surface area contributed by atoms with Gasteiger partial charge in [0.05, 0.1) is 0 Å². The highest BCUT2D eigenvalue weighted by molar-refractivity contribution is 5.67. The predicted octanol–water partition coefficient (Wildman–Crippen LogP) is 3.31. The third kappa shape index (κ3) is 4.43.